The number of carbonyl (C=O) groups excluding carboxylic acids is 1. The monoisotopic (exact) mass is 509 g/mol. The van der Waals surface area contributed by atoms with Crippen molar-refractivity contribution >= 4 is 42.6 Å². The molecule has 0 saturated heterocycles. The maximum absolute atomic E-state index is 12.6. The van der Waals surface area contributed by atoms with Crippen molar-refractivity contribution in [2.75, 3.05) is 24.6 Å². The lowest BCUT2D eigenvalue weighted by Crippen LogP contribution is -2.31. The summed E-state index contributed by atoms with van der Waals surface area (Å²) in [5.41, 5.74) is 9.01. The van der Waals surface area contributed by atoms with Crippen molar-refractivity contribution in [3.05, 3.63) is 119 Å². The predicted octanol–water partition coefficient (Wildman–Crippen LogP) is 5.43. The van der Waals surface area contributed by atoms with Crippen molar-refractivity contribution in [2.24, 2.45) is 9.98 Å². The maximum atomic E-state index is 12.6. The molecule has 36 heavy (non-hydrogen) atoms. The predicted molar refractivity (Wildman–Crippen MR) is 157 cm³/mol. The highest BCUT2D eigenvalue weighted by Crippen LogP contribution is 2.32. The molecule has 5 rings (SSSR count). The molecule has 6 heteroatoms. The Labute approximate surface area is 222 Å². The van der Waals surface area contributed by atoms with Crippen molar-refractivity contribution in [3.63, 3.8) is 0 Å². The highest BCUT2D eigenvalue weighted by Gasteiger charge is 2.26. The number of fused-ring (bicyclic) bond motifs is 2. The average Bonchev–Trinajstić information content (AvgIpc) is 3.43. The zero-order valence-corrected chi connectivity index (χ0v) is 21.6. The van der Waals surface area contributed by atoms with Gasteiger partial charge in [0.25, 0.3) is 5.91 Å². The molecule has 0 radical (unpaired) electrons. The van der Waals surface area contributed by atoms with Gasteiger partial charge in [0.15, 0.2) is 0 Å². The van der Waals surface area contributed by atoms with Crippen molar-refractivity contribution in [2.45, 2.75) is 6.04 Å². The van der Waals surface area contributed by atoms with E-state index in [1.807, 2.05) is 60.7 Å². The Balaban J connectivity index is 1.52. The third kappa shape index (κ3) is 4.97. The van der Waals surface area contributed by atoms with Crippen LogP contribution in [-0.2, 0) is 0 Å². The zero-order valence-electron chi connectivity index (χ0n) is 19.8. The molecule has 2 aliphatic carbocycles. The number of thiol groups is 2. The zero-order chi connectivity index (χ0) is 24.9. The standard InChI is InChI=1S/C30H27N3OS2/c34-30(33-23-5-1-2-6-23)21-11-9-20(10-12-21)22-13-14-26-27(19-22)29(32-16-18-36)25-8-4-3-7-24(25)28(26)31-15-17-35/h1-14,19,23,35-36H,15-18H2,(H,33,34). The number of rotatable bonds is 7. The molecule has 0 unspecified atom stereocenters. The van der Waals surface area contributed by atoms with Gasteiger partial charge in [0, 0.05) is 52.4 Å². The molecule has 0 aromatic heterocycles. The van der Waals surface area contributed by atoms with E-state index in [1.165, 1.54) is 0 Å². The minimum absolute atomic E-state index is 0.0472. The normalized spacial score (nSPS) is 16.4. The summed E-state index contributed by atoms with van der Waals surface area (Å²) in [6.07, 6.45) is 7.78. The molecule has 0 saturated carbocycles. The van der Waals surface area contributed by atoms with Gasteiger partial charge in [0.05, 0.1) is 17.5 Å². The quantitative estimate of drug-likeness (QED) is 0.286. The van der Waals surface area contributed by atoms with Crippen LogP contribution in [0.4, 0.5) is 0 Å². The van der Waals surface area contributed by atoms with Crippen LogP contribution in [0.3, 0.4) is 0 Å². The SMILES string of the molecule is O=C(NC1C=CC=C1)c1ccc(-c2ccc3c(c2)C(=NCCS)c2ccccc2C3=NCCS)cc1. The molecule has 3 aromatic carbocycles. The van der Waals surface area contributed by atoms with Gasteiger partial charge in [0.1, 0.15) is 0 Å². The van der Waals surface area contributed by atoms with Gasteiger partial charge in [-0.3, -0.25) is 14.8 Å². The van der Waals surface area contributed by atoms with Crippen LogP contribution < -0.4 is 5.32 Å². The van der Waals surface area contributed by atoms with Crippen LogP contribution in [0, 0.1) is 0 Å². The second kappa shape index (κ2) is 11.1. The largest absolute Gasteiger partial charge is 0.342 e. The lowest BCUT2D eigenvalue weighted by molar-refractivity contribution is 0.0950. The summed E-state index contributed by atoms with van der Waals surface area (Å²) < 4.78 is 0. The summed E-state index contributed by atoms with van der Waals surface area (Å²) in [5.74, 6) is 1.28. The number of allylic oxidation sites excluding steroid dienone is 2. The molecule has 1 N–H and O–H groups in total. The minimum Gasteiger partial charge on any atom is -0.342 e. The highest BCUT2D eigenvalue weighted by molar-refractivity contribution is 7.80. The number of aliphatic imine (C=N–C) groups is 2. The number of nitrogens with one attached hydrogen (secondary N) is 1. The van der Waals surface area contributed by atoms with Gasteiger partial charge in [0.2, 0.25) is 0 Å². The highest BCUT2D eigenvalue weighted by atomic mass is 32.1. The lowest BCUT2D eigenvalue weighted by atomic mass is 9.81. The van der Waals surface area contributed by atoms with Crippen LogP contribution in [0.2, 0.25) is 0 Å². The molecule has 180 valence electrons. The van der Waals surface area contributed by atoms with Gasteiger partial charge < -0.3 is 5.32 Å². The summed E-state index contributed by atoms with van der Waals surface area (Å²) in [5, 5.41) is 3.00. The Bertz CT molecular complexity index is 1390. The van der Waals surface area contributed by atoms with Crippen LogP contribution in [0.5, 0.6) is 0 Å². The van der Waals surface area contributed by atoms with Crippen LogP contribution in [0.15, 0.2) is 101 Å². The molecule has 0 atom stereocenters. The molecule has 4 nitrogen and oxygen atoms in total. The third-order valence-corrected chi connectivity index (χ3v) is 6.63. The Morgan fingerprint density at radius 2 is 1.28 bits per heavy atom. The van der Waals surface area contributed by atoms with E-state index in [-0.39, 0.29) is 11.9 Å². The van der Waals surface area contributed by atoms with E-state index in [4.69, 9.17) is 9.98 Å². The van der Waals surface area contributed by atoms with Gasteiger partial charge in [-0.05, 0) is 29.3 Å². The Hall–Kier alpha value is -3.35. The van der Waals surface area contributed by atoms with Gasteiger partial charge in [-0.25, -0.2) is 0 Å². The molecule has 2 aliphatic rings. The molecule has 0 fully saturated rings. The molecule has 0 heterocycles. The second-order valence-electron chi connectivity index (χ2n) is 8.56. The van der Waals surface area contributed by atoms with E-state index in [9.17, 15) is 4.79 Å². The number of nitrogens with zero attached hydrogens (tertiary/aromatic N) is 2. The first kappa shape index (κ1) is 24.3. The summed E-state index contributed by atoms with van der Waals surface area (Å²) in [7, 11) is 0. The van der Waals surface area contributed by atoms with Crippen molar-refractivity contribution in [1.29, 1.82) is 0 Å². The molecule has 0 aliphatic heterocycles. The van der Waals surface area contributed by atoms with E-state index in [0.29, 0.717) is 30.2 Å². The van der Waals surface area contributed by atoms with Crippen molar-refractivity contribution in [1.82, 2.24) is 5.32 Å². The minimum atomic E-state index is -0.0870. The number of amides is 1. The van der Waals surface area contributed by atoms with Crippen molar-refractivity contribution < 1.29 is 4.79 Å². The smallest absolute Gasteiger partial charge is 0.251 e. The van der Waals surface area contributed by atoms with E-state index in [0.717, 1.165) is 44.8 Å². The first-order valence-electron chi connectivity index (χ1n) is 12.0. The Kier molecular flexibility index (Phi) is 7.54. The third-order valence-electron chi connectivity index (χ3n) is 6.23. The first-order chi connectivity index (χ1) is 17.7. The number of hydrogen-bond donors (Lipinski definition) is 3. The Morgan fingerprint density at radius 3 is 1.89 bits per heavy atom. The maximum Gasteiger partial charge on any atom is 0.251 e. The second-order valence-corrected chi connectivity index (χ2v) is 9.45. The molecular weight excluding hydrogens is 482 g/mol. The fraction of sp³-hybridized carbons (Fsp3) is 0.167. The number of carbonyl (C=O) groups is 1. The van der Waals surface area contributed by atoms with Gasteiger partial charge >= 0.3 is 0 Å². The fourth-order valence-corrected chi connectivity index (χ4v) is 4.75. The van der Waals surface area contributed by atoms with E-state index < -0.39 is 0 Å². The summed E-state index contributed by atoms with van der Waals surface area (Å²) in [4.78, 5) is 22.4. The Morgan fingerprint density at radius 1 is 0.722 bits per heavy atom. The molecular formula is C30H27N3OS2. The van der Waals surface area contributed by atoms with Gasteiger partial charge in [-0.1, -0.05) is 72.8 Å². The first-order valence-corrected chi connectivity index (χ1v) is 13.3. The van der Waals surface area contributed by atoms with Crippen LogP contribution in [0.25, 0.3) is 11.1 Å². The summed E-state index contributed by atoms with van der Waals surface area (Å²) in [6.45, 7) is 1.28. The van der Waals surface area contributed by atoms with Crippen LogP contribution in [-0.4, -0.2) is 48.0 Å². The van der Waals surface area contributed by atoms with E-state index >= 15 is 0 Å². The average molecular weight is 510 g/mol. The van der Waals surface area contributed by atoms with E-state index in [1.54, 1.807) is 0 Å². The number of benzene rings is 3. The number of hydrogen-bond acceptors (Lipinski definition) is 5. The summed E-state index contributed by atoms with van der Waals surface area (Å²) >= 11 is 8.75. The molecule has 1 amide bonds. The van der Waals surface area contributed by atoms with Crippen LogP contribution >= 0.6 is 25.3 Å². The van der Waals surface area contributed by atoms with Gasteiger partial charge in [-0.15, -0.1) is 0 Å². The van der Waals surface area contributed by atoms with Crippen molar-refractivity contribution in [3.8, 4) is 11.1 Å². The van der Waals surface area contributed by atoms with Crippen LogP contribution in [0.1, 0.15) is 32.6 Å². The molecule has 0 bridgehead atoms. The molecule has 0 spiro atoms. The molecule has 3 aromatic rings. The summed E-state index contributed by atoms with van der Waals surface area (Å²) in [6, 6.07) is 22.4. The fourth-order valence-electron chi connectivity index (χ4n) is 4.55. The lowest BCUT2D eigenvalue weighted by Gasteiger charge is -2.24. The van der Waals surface area contributed by atoms with Gasteiger partial charge in [-0.2, -0.15) is 25.3 Å². The topological polar surface area (TPSA) is 53.8 Å². The van der Waals surface area contributed by atoms with E-state index in [2.05, 4.69) is 60.9 Å².